The molecule has 0 aromatic heterocycles. The van der Waals surface area contributed by atoms with Crippen LogP contribution >= 0.6 is 11.8 Å². The van der Waals surface area contributed by atoms with Crippen molar-refractivity contribution >= 4 is 23.6 Å². The van der Waals surface area contributed by atoms with E-state index in [1.165, 1.54) is 0 Å². The van der Waals surface area contributed by atoms with Gasteiger partial charge in [-0.1, -0.05) is 0 Å². The van der Waals surface area contributed by atoms with Gasteiger partial charge in [-0.15, -0.1) is 11.8 Å². The molecule has 2 amide bonds. The summed E-state index contributed by atoms with van der Waals surface area (Å²) in [4.78, 5) is 27.5. The largest absolute Gasteiger partial charge is 0.355 e. The fourth-order valence-electron chi connectivity index (χ4n) is 2.37. The molecule has 1 aliphatic rings. The van der Waals surface area contributed by atoms with E-state index in [2.05, 4.69) is 10.6 Å². The summed E-state index contributed by atoms with van der Waals surface area (Å²) in [7, 11) is 0. The quantitative estimate of drug-likeness (QED) is 0.814. The van der Waals surface area contributed by atoms with Crippen LogP contribution in [-0.4, -0.2) is 55.2 Å². The summed E-state index contributed by atoms with van der Waals surface area (Å²) in [6, 6.07) is 7.07. The summed E-state index contributed by atoms with van der Waals surface area (Å²) in [6.45, 7) is 4.21. The van der Waals surface area contributed by atoms with E-state index < -0.39 is 6.04 Å². The number of piperazine rings is 1. The van der Waals surface area contributed by atoms with Crippen LogP contribution in [0.4, 0.5) is 0 Å². The summed E-state index contributed by atoms with van der Waals surface area (Å²) < 4.78 is 0. The molecule has 1 fully saturated rings. The molecule has 1 heterocycles. The highest BCUT2D eigenvalue weighted by molar-refractivity contribution is 7.98. The second-order valence-corrected chi connectivity index (χ2v) is 5.72. The van der Waals surface area contributed by atoms with Crippen molar-refractivity contribution in [1.29, 1.82) is 0 Å². The van der Waals surface area contributed by atoms with Crippen LogP contribution in [-0.2, 0) is 4.79 Å². The Morgan fingerprint density at radius 1 is 1.38 bits per heavy atom. The minimum atomic E-state index is -0.438. The third-order valence-electron chi connectivity index (χ3n) is 3.49. The Morgan fingerprint density at radius 2 is 2.10 bits per heavy atom. The number of likely N-dealkylation sites (N-methyl/N-ethyl adjacent to an activating group) is 1. The third kappa shape index (κ3) is 3.77. The Labute approximate surface area is 129 Å². The first-order valence-corrected chi connectivity index (χ1v) is 8.33. The monoisotopic (exact) mass is 307 g/mol. The Morgan fingerprint density at radius 3 is 2.71 bits per heavy atom. The third-order valence-corrected chi connectivity index (χ3v) is 4.24. The van der Waals surface area contributed by atoms with Gasteiger partial charge in [0.1, 0.15) is 6.04 Å². The van der Waals surface area contributed by atoms with Gasteiger partial charge >= 0.3 is 0 Å². The van der Waals surface area contributed by atoms with Gasteiger partial charge in [0.05, 0.1) is 0 Å². The lowest BCUT2D eigenvalue weighted by molar-refractivity contribution is -0.126. The van der Waals surface area contributed by atoms with Crippen LogP contribution in [0.3, 0.4) is 0 Å². The van der Waals surface area contributed by atoms with Gasteiger partial charge in [0.15, 0.2) is 0 Å². The number of nitrogens with one attached hydrogen (secondary N) is 2. The minimum Gasteiger partial charge on any atom is -0.355 e. The molecule has 0 spiro atoms. The zero-order chi connectivity index (χ0) is 15.2. The van der Waals surface area contributed by atoms with Crippen LogP contribution in [0, 0.1) is 0 Å². The molecule has 5 nitrogen and oxygen atoms in total. The van der Waals surface area contributed by atoms with Gasteiger partial charge in [0, 0.05) is 36.6 Å². The van der Waals surface area contributed by atoms with E-state index in [1.54, 1.807) is 16.7 Å². The van der Waals surface area contributed by atoms with Crippen LogP contribution in [0.5, 0.6) is 0 Å². The van der Waals surface area contributed by atoms with E-state index in [1.807, 2.05) is 37.4 Å². The molecule has 1 aromatic rings. The highest BCUT2D eigenvalue weighted by atomic mass is 32.2. The molecule has 2 rings (SSSR count). The van der Waals surface area contributed by atoms with E-state index in [-0.39, 0.29) is 11.8 Å². The van der Waals surface area contributed by atoms with E-state index >= 15 is 0 Å². The van der Waals surface area contributed by atoms with E-state index in [0.717, 1.165) is 4.90 Å². The lowest BCUT2D eigenvalue weighted by Gasteiger charge is -2.35. The predicted molar refractivity (Wildman–Crippen MR) is 84.6 cm³/mol. The number of carbonyl (C=O) groups is 2. The van der Waals surface area contributed by atoms with Gasteiger partial charge in [-0.25, -0.2) is 0 Å². The van der Waals surface area contributed by atoms with E-state index in [9.17, 15) is 9.59 Å². The number of nitrogens with zero attached hydrogens (tertiary/aromatic N) is 1. The number of hydrogen-bond donors (Lipinski definition) is 2. The summed E-state index contributed by atoms with van der Waals surface area (Å²) in [5, 5.41) is 5.96. The Balaban J connectivity index is 2.15. The molecule has 0 radical (unpaired) electrons. The van der Waals surface area contributed by atoms with Crippen LogP contribution in [0.25, 0.3) is 0 Å². The normalized spacial score (nSPS) is 18.4. The first-order chi connectivity index (χ1) is 10.2. The molecule has 21 heavy (non-hydrogen) atoms. The standard InChI is InChI=1S/C15H21N3O2S/c1-3-17-14(19)13-10-16-8-9-18(13)15(20)11-4-6-12(21-2)7-5-11/h4-7,13,16H,3,8-10H2,1-2H3,(H,17,19). The number of carbonyl (C=O) groups excluding carboxylic acids is 2. The molecule has 1 aliphatic heterocycles. The fraction of sp³-hybridized carbons (Fsp3) is 0.467. The maximum atomic E-state index is 12.6. The molecular formula is C15H21N3O2S. The van der Waals surface area contributed by atoms with Gasteiger partial charge in [0.25, 0.3) is 5.91 Å². The molecule has 1 saturated heterocycles. The van der Waals surface area contributed by atoms with Crippen LogP contribution in [0.15, 0.2) is 29.2 Å². The zero-order valence-corrected chi connectivity index (χ0v) is 13.2. The summed E-state index contributed by atoms with van der Waals surface area (Å²) in [5.41, 5.74) is 0.629. The summed E-state index contributed by atoms with van der Waals surface area (Å²) >= 11 is 1.64. The Hall–Kier alpha value is -1.53. The van der Waals surface area contributed by atoms with Crippen molar-refractivity contribution < 1.29 is 9.59 Å². The number of amides is 2. The molecule has 2 N–H and O–H groups in total. The molecule has 0 saturated carbocycles. The van der Waals surface area contributed by atoms with Crippen molar-refractivity contribution in [2.75, 3.05) is 32.4 Å². The molecule has 1 aromatic carbocycles. The highest BCUT2D eigenvalue weighted by Gasteiger charge is 2.32. The molecule has 1 unspecified atom stereocenters. The van der Waals surface area contributed by atoms with Gasteiger partial charge in [-0.3, -0.25) is 9.59 Å². The van der Waals surface area contributed by atoms with Crippen LogP contribution < -0.4 is 10.6 Å². The Bertz CT molecular complexity index is 504. The van der Waals surface area contributed by atoms with Crippen molar-refractivity contribution in [1.82, 2.24) is 15.5 Å². The van der Waals surface area contributed by atoms with Gasteiger partial charge in [-0.05, 0) is 37.4 Å². The lowest BCUT2D eigenvalue weighted by Crippen LogP contribution is -2.59. The van der Waals surface area contributed by atoms with E-state index in [0.29, 0.717) is 31.7 Å². The van der Waals surface area contributed by atoms with Gasteiger partial charge < -0.3 is 15.5 Å². The van der Waals surface area contributed by atoms with Gasteiger partial charge in [0.2, 0.25) is 5.91 Å². The first kappa shape index (κ1) is 15.9. The second-order valence-electron chi connectivity index (χ2n) is 4.84. The first-order valence-electron chi connectivity index (χ1n) is 7.10. The molecule has 6 heteroatoms. The van der Waals surface area contributed by atoms with Crippen molar-refractivity contribution in [3.8, 4) is 0 Å². The zero-order valence-electron chi connectivity index (χ0n) is 12.4. The number of rotatable bonds is 4. The number of thioether (sulfide) groups is 1. The smallest absolute Gasteiger partial charge is 0.254 e. The summed E-state index contributed by atoms with van der Waals surface area (Å²) in [5.74, 6) is -0.181. The Kier molecular flexibility index (Phi) is 5.64. The molecule has 0 bridgehead atoms. The second kappa shape index (κ2) is 7.47. The summed E-state index contributed by atoms with van der Waals surface area (Å²) in [6.07, 6.45) is 2.00. The van der Waals surface area contributed by atoms with Crippen LogP contribution in [0.2, 0.25) is 0 Å². The molecule has 114 valence electrons. The average molecular weight is 307 g/mol. The van der Waals surface area contributed by atoms with Crippen molar-refractivity contribution in [3.05, 3.63) is 29.8 Å². The van der Waals surface area contributed by atoms with Crippen molar-refractivity contribution in [3.63, 3.8) is 0 Å². The molecular weight excluding hydrogens is 286 g/mol. The topological polar surface area (TPSA) is 61.4 Å². The van der Waals surface area contributed by atoms with E-state index in [4.69, 9.17) is 0 Å². The predicted octanol–water partition coefficient (Wildman–Crippen LogP) is 0.959. The average Bonchev–Trinajstić information content (AvgIpc) is 2.54. The number of hydrogen-bond acceptors (Lipinski definition) is 4. The van der Waals surface area contributed by atoms with Gasteiger partial charge in [-0.2, -0.15) is 0 Å². The lowest BCUT2D eigenvalue weighted by atomic mass is 10.1. The SMILES string of the molecule is CCNC(=O)C1CNCCN1C(=O)c1ccc(SC)cc1. The molecule has 0 aliphatic carbocycles. The highest BCUT2D eigenvalue weighted by Crippen LogP contribution is 2.17. The minimum absolute atomic E-state index is 0.0830. The number of benzene rings is 1. The van der Waals surface area contributed by atoms with Crippen molar-refractivity contribution in [2.24, 2.45) is 0 Å². The maximum Gasteiger partial charge on any atom is 0.254 e. The fourth-order valence-corrected chi connectivity index (χ4v) is 2.78. The van der Waals surface area contributed by atoms with Crippen molar-refractivity contribution in [2.45, 2.75) is 17.9 Å². The van der Waals surface area contributed by atoms with Crippen LogP contribution in [0.1, 0.15) is 17.3 Å². The molecule has 1 atom stereocenters. The maximum absolute atomic E-state index is 12.6.